The number of methoxy groups -OCH3 is 1. The van der Waals surface area contributed by atoms with Gasteiger partial charge in [0.25, 0.3) is 5.91 Å². The van der Waals surface area contributed by atoms with Crippen LogP contribution in [0.2, 0.25) is 0 Å². The van der Waals surface area contributed by atoms with Crippen LogP contribution in [0.4, 0.5) is 0 Å². The fourth-order valence-electron chi connectivity index (χ4n) is 3.73. The number of nitrogens with zero attached hydrogens (tertiary/aromatic N) is 1. The summed E-state index contributed by atoms with van der Waals surface area (Å²) in [6.07, 6.45) is 0.249. The van der Waals surface area contributed by atoms with Crippen molar-refractivity contribution < 1.29 is 19.1 Å². The zero-order valence-corrected chi connectivity index (χ0v) is 17.3. The summed E-state index contributed by atoms with van der Waals surface area (Å²) in [5, 5.41) is 6.58. The van der Waals surface area contributed by atoms with Crippen LogP contribution in [-0.2, 0) is 9.59 Å². The summed E-state index contributed by atoms with van der Waals surface area (Å²) in [6, 6.07) is 5.65. The number of aryl methyl sites for hydroxylation is 1. The van der Waals surface area contributed by atoms with Gasteiger partial charge in [0.15, 0.2) is 0 Å². The smallest absolute Gasteiger partial charge is 0.268 e. The van der Waals surface area contributed by atoms with E-state index in [0.29, 0.717) is 25.3 Å². The van der Waals surface area contributed by atoms with Crippen LogP contribution >= 0.6 is 0 Å². The SMILES string of the molecule is COc1ccc2[nH]c(C(=O)NCC(C)CN(C)C(=O)C3CNC(=O)C3)c(C)c2c1. The van der Waals surface area contributed by atoms with Crippen molar-refractivity contribution in [2.45, 2.75) is 20.3 Å². The number of aromatic amines is 1. The van der Waals surface area contributed by atoms with Gasteiger partial charge in [-0.15, -0.1) is 0 Å². The highest BCUT2D eigenvalue weighted by Gasteiger charge is 2.30. The molecular formula is C21H28N4O4. The maximum atomic E-state index is 12.7. The van der Waals surface area contributed by atoms with Gasteiger partial charge in [-0.25, -0.2) is 0 Å². The molecule has 0 aliphatic carbocycles. The van der Waals surface area contributed by atoms with Gasteiger partial charge >= 0.3 is 0 Å². The van der Waals surface area contributed by atoms with Gasteiger partial charge in [-0.1, -0.05) is 6.92 Å². The van der Waals surface area contributed by atoms with Crippen LogP contribution in [0.15, 0.2) is 18.2 Å². The van der Waals surface area contributed by atoms with Crippen LogP contribution in [0.25, 0.3) is 10.9 Å². The minimum atomic E-state index is -0.291. The number of aromatic nitrogens is 1. The highest BCUT2D eigenvalue weighted by Crippen LogP contribution is 2.26. The molecule has 8 nitrogen and oxygen atoms in total. The summed E-state index contributed by atoms with van der Waals surface area (Å²) in [7, 11) is 3.35. The van der Waals surface area contributed by atoms with E-state index in [-0.39, 0.29) is 36.0 Å². The molecular weight excluding hydrogens is 372 g/mol. The second-order valence-corrected chi connectivity index (χ2v) is 7.78. The van der Waals surface area contributed by atoms with Gasteiger partial charge in [0.2, 0.25) is 11.8 Å². The van der Waals surface area contributed by atoms with Crippen molar-refractivity contribution in [3.8, 4) is 5.75 Å². The largest absolute Gasteiger partial charge is 0.497 e. The topological polar surface area (TPSA) is 104 Å². The number of H-pyrrole nitrogens is 1. The Morgan fingerprint density at radius 2 is 2.14 bits per heavy atom. The molecule has 2 atom stereocenters. The molecule has 3 N–H and O–H groups in total. The second kappa shape index (κ2) is 8.55. The van der Waals surface area contributed by atoms with Crippen molar-refractivity contribution >= 4 is 28.6 Å². The first kappa shape index (κ1) is 20.7. The summed E-state index contributed by atoms with van der Waals surface area (Å²) < 4.78 is 5.26. The molecule has 8 heteroatoms. The number of rotatable bonds is 7. The fraction of sp³-hybridized carbons (Fsp3) is 0.476. The van der Waals surface area contributed by atoms with Crippen molar-refractivity contribution in [2.24, 2.45) is 11.8 Å². The normalized spacial score (nSPS) is 17.1. The number of fused-ring (bicyclic) bond motifs is 1. The third-order valence-corrected chi connectivity index (χ3v) is 5.39. The Balaban J connectivity index is 1.56. The molecule has 0 radical (unpaired) electrons. The Hall–Kier alpha value is -3.03. The average Bonchev–Trinajstić information content (AvgIpc) is 3.28. The summed E-state index contributed by atoms with van der Waals surface area (Å²) in [6.45, 7) is 5.23. The van der Waals surface area contributed by atoms with Crippen molar-refractivity contribution in [3.05, 3.63) is 29.5 Å². The summed E-state index contributed by atoms with van der Waals surface area (Å²) in [4.78, 5) is 41.2. The highest BCUT2D eigenvalue weighted by molar-refractivity contribution is 6.01. The van der Waals surface area contributed by atoms with Crippen molar-refractivity contribution in [2.75, 3.05) is 33.8 Å². The summed E-state index contributed by atoms with van der Waals surface area (Å²) in [5.74, 6) is 0.226. The summed E-state index contributed by atoms with van der Waals surface area (Å²) in [5.41, 5.74) is 2.28. The third kappa shape index (κ3) is 4.52. The minimum absolute atomic E-state index is 0.0399. The van der Waals surface area contributed by atoms with Gasteiger partial charge in [-0.05, 0) is 36.6 Å². The first-order valence-electron chi connectivity index (χ1n) is 9.76. The fourth-order valence-corrected chi connectivity index (χ4v) is 3.73. The number of carbonyl (C=O) groups excluding carboxylic acids is 3. The lowest BCUT2D eigenvalue weighted by Crippen LogP contribution is -2.39. The lowest BCUT2D eigenvalue weighted by molar-refractivity contribution is -0.135. The van der Waals surface area contributed by atoms with Crippen LogP contribution < -0.4 is 15.4 Å². The number of benzene rings is 1. The van der Waals surface area contributed by atoms with Gasteiger partial charge in [0, 0.05) is 44.0 Å². The molecule has 1 fully saturated rings. The number of nitrogens with one attached hydrogen (secondary N) is 3. The number of ether oxygens (including phenoxy) is 1. The molecule has 3 rings (SSSR count). The van der Waals surface area contributed by atoms with E-state index in [0.717, 1.165) is 22.2 Å². The molecule has 29 heavy (non-hydrogen) atoms. The van der Waals surface area contributed by atoms with Gasteiger partial charge < -0.3 is 25.3 Å². The van der Waals surface area contributed by atoms with E-state index >= 15 is 0 Å². The summed E-state index contributed by atoms with van der Waals surface area (Å²) >= 11 is 0. The maximum Gasteiger partial charge on any atom is 0.268 e. The highest BCUT2D eigenvalue weighted by atomic mass is 16.5. The molecule has 1 aliphatic rings. The second-order valence-electron chi connectivity index (χ2n) is 7.78. The lowest BCUT2D eigenvalue weighted by Gasteiger charge is -2.24. The number of carbonyl (C=O) groups is 3. The Morgan fingerprint density at radius 3 is 2.79 bits per heavy atom. The third-order valence-electron chi connectivity index (χ3n) is 5.39. The standard InChI is InChI=1S/C21H28N4O4/c1-12(11-25(3)21(28)14-7-18(26)22-10-14)9-23-20(27)19-13(2)16-8-15(29-4)5-6-17(16)24-19/h5-6,8,12,14,24H,7,9-11H2,1-4H3,(H,22,26)(H,23,27). The van der Waals surface area contributed by atoms with Crippen LogP contribution in [0.3, 0.4) is 0 Å². The van der Waals surface area contributed by atoms with Crippen molar-refractivity contribution in [1.29, 1.82) is 0 Å². The molecule has 2 unspecified atom stereocenters. The van der Waals surface area contributed by atoms with Crippen molar-refractivity contribution in [3.63, 3.8) is 0 Å². The Morgan fingerprint density at radius 1 is 1.38 bits per heavy atom. The zero-order valence-electron chi connectivity index (χ0n) is 17.3. The zero-order chi connectivity index (χ0) is 21.1. The number of amides is 3. The van der Waals surface area contributed by atoms with Crippen LogP contribution in [-0.4, -0.2) is 61.4 Å². The predicted octanol–water partition coefficient (Wildman–Crippen LogP) is 1.45. The average molecular weight is 400 g/mol. The molecule has 2 aromatic rings. The van der Waals surface area contributed by atoms with E-state index in [1.165, 1.54) is 0 Å². The molecule has 1 aromatic carbocycles. The molecule has 1 aliphatic heterocycles. The van der Waals surface area contributed by atoms with Gasteiger partial charge in [0.1, 0.15) is 11.4 Å². The van der Waals surface area contributed by atoms with E-state index in [2.05, 4.69) is 15.6 Å². The van der Waals surface area contributed by atoms with E-state index in [1.807, 2.05) is 32.0 Å². The molecule has 3 amide bonds. The monoisotopic (exact) mass is 400 g/mol. The van der Waals surface area contributed by atoms with Crippen molar-refractivity contribution in [1.82, 2.24) is 20.5 Å². The van der Waals surface area contributed by atoms with Gasteiger partial charge in [0.05, 0.1) is 13.0 Å². The van der Waals surface area contributed by atoms with Gasteiger partial charge in [-0.2, -0.15) is 0 Å². The van der Waals surface area contributed by atoms with E-state index in [9.17, 15) is 14.4 Å². The number of hydrogen-bond donors (Lipinski definition) is 3. The molecule has 0 spiro atoms. The van der Waals surface area contributed by atoms with E-state index < -0.39 is 0 Å². The Bertz CT molecular complexity index is 936. The number of hydrogen-bond acceptors (Lipinski definition) is 4. The Labute approximate surface area is 170 Å². The first-order chi connectivity index (χ1) is 13.8. The van der Waals surface area contributed by atoms with E-state index in [4.69, 9.17) is 4.74 Å². The van der Waals surface area contributed by atoms with Crippen LogP contribution in [0.1, 0.15) is 29.4 Å². The van der Waals surface area contributed by atoms with Gasteiger partial charge in [-0.3, -0.25) is 14.4 Å². The molecule has 156 valence electrons. The maximum absolute atomic E-state index is 12.7. The molecule has 1 aromatic heterocycles. The first-order valence-corrected chi connectivity index (χ1v) is 9.76. The molecule has 2 heterocycles. The van der Waals surface area contributed by atoms with E-state index in [1.54, 1.807) is 19.1 Å². The molecule has 1 saturated heterocycles. The predicted molar refractivity (Wildman–Crippen MR) is 110 cm³/mol. The molecule has 0 saturated carbocycles. The quantitative estimate of drug-likeness (QED) is 0.654. The Kier molecular flexibility index (Phi) is 6.10. The molecule has 0 bridgehead atoms. The van der Waals surface area contributed by atoms with Crippen LogP contribution in [0, 0.1) is 18.8 Å². The lowest BCUT2D eigenvalue weighted by atomic mass is 10.1. The minimum Gasteiger partial charge on any atom is -0.497 e. The van der Waals surface area contributed by atoms with Crippen LogP contribution in [0.5, 0.6) is 5.75 Å².